The first-order valence-electron chi connectivity index (χ1n) is 8.49. The molecule has 1 unspecified atom stereocenters. The average Bonchev–Trinajstić information content (AvgIpc) is 2.61. The molecule has 0 spiro atoms. The first kappa shape index (κ1) is 17.1. The van der Waals surface area contributed by atoms with Gasteiger partial charge in [-0.05, 0) is 56.7 Å². The highest BCUT2D eigenvalue weighted by atomic mass is 32.2. The largest absolute Gasteiger partial charge is 0.466 e. The molecule has 24 heavy (non-hydrogen) atoms. The Morgan fingerprint density at radius 1 is 1.42 bits per heavy atom. The highest BCUT2D eigenvalue weighted by molar-refractivity contribution is 7.98. The molecular weight excluding hydrogens is 320 g/mol. The summed E-state index contributed by atoms with van der Waals surface area (Å²) in [5, 5.41) is 1.19. The summed E-state index contributed by atoms with van der Waals surface area (Å²) in [6.45, 7) is 6.06. The number of pyridine rings is 1. The highest BCUT2D eigenvalue weighted by Crippen LogP contribution is 2.29. The van der Waals surface area contributed by atoms with Gasteiger partial charge in [-0.25, -0.2) is 4.98 Å². The van der Waals surface area contributed by atoms with Crippen LogP contribution < -0.4 is 4.90 Å². The summed E-state index contributed by atoms with van der Waals surface area (Å²) in [6.07, 6.45) is 3.97. The van der Waals surface area contributed by atoms with Gasteiger partial charge in [0.1, 0.15) is 5.82 Å². The molecular formula is C19H24N2O2S. The lowest BCUT2D eigenvalue weighted by Crippen LogP contribution is -2.39. The highest BCUT2D eigenvalue weighted by Gasteiger charge is 2.27. The number of hydrogen-bond donors (Lipinski definition) is 0. The van der Waals surface area contributed by atoms with Crippen LogP contribution in [0.25, 0.3) is 10.9 Å². The molecule has 3 rings (SSSR count). The van der Waals surface area contributed by atoms with Crippen molar-refractivity contribution >= 4 is 34.5 Å². The Bertz CT molecular complexity index is 747. The van der Waals surface area contributed by atoms with Crippen molar-refractivity contribution < 1.29 is 9.53 Å². The molecule has 5 heteroatoms. The SMILES string of the molecule is CCOC(=O)C1CCCN(c2cc(C)c3ccc(SC)cc3n2)C1. The molecule has 0 radical (unpaired) electrons. The van der Waals surface area contributed by atoms with Crippen molar-refractivity contribution in [2.45, 2.75) is 31.6 Å². The van der Waals surface area contributed by atoms with Crippen LogP contribution in [0.1, 0.15) is 25.3 Å². The summed E-state index contributed by atoms with van der Waals surface area (Å²) in [6, 6.07) is 8.56. The minimum absolute atomic E-state index is 0.0472. The molecule has 1 aliphatic rings. The first-order chi connectivity index (χ1) is 11.6. The molecule has 0 aliphatic carbocycles. The lowest BCUT2D eigenvalue weighted by Gasteiger charge is -2.32. The number of aryl methyl sites for hydroxylation is 1. The fourth-order valence-corrected chi connectivity index (χ4v) is 3.72. The normalized spacial score (nSPS) is 18.0. The van der Waals surface area contributed by atoms with E-state index in [0.717, 1.165) is 30.7 Å². The zero-order chi connectivity index (χ0) is 17.1. The predicted molar refractivity (Wildman–Crippen MR) is 99.8 cm³/mol. The summed E-state index contributed by atoms with van der Waals surface area (Å²) in [7, 11) is 0. The van der Waals surface area contributed by atoms with Gasteiger partial charge in [-0.3, -0.25) is 4.79 Å². The predicted octanol–water partition coefficient (Wildman–Crippen LogP) is 4.04. The number of fused-ring (bicyclic) bond motifs is 1. The number of carbonyl (C=O) groups is 1. The van der Waals surface area contributed by atoms with Gasteiger partial charge in [-0.2, -0.15) is 0 Å². The van der Waals surface area contributed by atoms with Crippen molar-refractivity contribution in [2.75, 3.05) is 30.9 Å². The third-order valence-corrected chi connectivity index (χ3v) is 5.30. The molecule has 1 saturated heterocycles. The topological polar surface area (TPSA) is 42.4 Å². The van der Waals surface area contributed by atoms with Gasteiger partial charge in [-0.15, -0.1) is 11.8 Å². The van der Waals surface area contributed by atoms with E-state index in [2.05, 4.69) is 42.3 Å². The number of carbonyl (C=O) groups excluding carboxylic acids is 1. The van der Waals surface area contributed by atoms with Crippen LogP contribution >= 0.6 is 11.8 Å². The van der Waals surface area contributed by atoms with Gasteiger partial charge in [0.15, 0.2) is 0 Å². The number of thioether (sulfide) groups is 1. The second kappa shape index (κ2) is 7.43. The third kappa shape index (κ3) is 3.51. The van der Waals surface area contributed by atoms with E-state index in [9.17, 15) is 4.79 Å². The Labute approximate surface area is 147 Å². The first-order valence-corrected chi connectivity index (χ1v) is 9.71. The Kier molecular flexibility index (Phi) is 5.29. The van der Waals surface area contributed by atoms with E-state index in [1.807, 2.05) is 6.92 Å². The molecule has 1 fully saturated rings. The van der Waals surface area contributed by atoms with E-state index in [0.29, 0.717) is 13.2 Å². The fourth-order valence-electron chi connectivity index (χ4n) is 3.29. The Morgan fingerprint density at radius 3 is 3.00 bits per heavy atom. The van der Waals surface area contributed by atoms with E-state index in [1.54, 1.807) is 11.8 Å². The van der Waals surface area contributed by atoms with Gasteiger partial charge in [0.25, 0.3) is 0 Å². The van der Waals surface area contributed by atoms with Crippen LogP contribution in [-0.4, -0.2) is 36.9 Å². The maximum absolute atomic E-state index is 12.1. The quantitative estimate of drug-likeness (QED) is 0.618. The van der Waals surface area contributed by atoms with Gasteiger partial charge in [0.2, 0.25) is 0 Å². The van der Waals surface area contributed by atoms with Crippen molar-refractivity contribution in [2.24, 2.45) is 5.92 Å². The number of esters is 1. The molecule has 0 saturated carbocycles. The smallest absolute Gasteiger partial charge is 0.310 e. The van der Waals surface area contributed by atoms with Crippen LogP contribution in [0.4, 0.5) is 5.82 Å². The van der Waals surface area contributed by atoms with Crippen LogP contribution in [0.15, 0.2) is 29.2 Å². The second-order valence-electron chi connectivity index (χ2n) is 6.22. The molecule has 0 amide bonds. The summed E-state index contributed by atoms with van der Waals surface area (Å²) in [5.74, 6) is 0.839. The summed E-state index contributed by atoms with van der Waals surface area (Å²) < 4.78 is 5.20. The van der Waals surface area contributed by atoms with Gasteiger partial charge in [-0.1, -0.05) is 6.07 Å². The van der Waals surface area contributed by atoms with E-state index in [-0.39, 0.29) is 11.9 Å². The van der Waals surface area contributed by atoms with Gasteiger partial charge >= 0.3 is 5.97 Å². The summed E-state index contributed by atoms with van der Waals surface area (Å²) >= 11 is 1.73. The number of hydrogen-bond acceptors (Lipinski definition) is 5. The van der Waals surface area contributed by atoms with Crippen LogP contribution in [0.3, 0.4) is 0 Å². The van der Waals surface area contributed by atoms with E-state index >= 15 is 0 Å². The Balaban J connectivity index is 1.89. The molecule has 2 heterocycles. The standard InChI is InChI=1S/C19H24N2O2S/c1-4-23-19(22)14-6-5-9-21(12-14)18-10-13(2)16-8-7-15(24-3)11-17(16)20-18/h7-8,10-11,14H,4-6,9,12H2,1-3H3. The molecule has 0 N–H and O–H groups in total. The maximum atomic E-state index is 12.1. The zero-order valence-corrected chi connectivity index (χ0v) is 15.4. The number of aromatic nitrogens is 1. The number of anilines is 1. The third-order valence-electron chi connectivity index (χ3n) is 4.58. The van der Waals surface area contributed by atoms with Crippen LogP contribution in [-0.2, 0) is 9.53 Å². The number of nitrogens with zero attached hydrogens (tertiary/aromatic N) is 2. The average molecular weight is 344 g/mol. The minimum atomic E-state index is -0.0793. The van der Waals surface area contributed by atoms with Crippen molar-refractivity contribution in [3.63, 3.8) is 0 Å². The molecule has 2 aromatic rings. The summed E-state index contributed by atoms with van der Waals surface area (Å²) in [5.41, 5.74) is 2.25. The second-order valence-corrected chi connectivity index (χ2v) is 7.10. The molecule has 1 atom stereocenters. The number of rotatable bonds is 4. The maximum Gasteiger partial charge on any atom is 0.310 e. The lowest BCUT2D eigenvalue weighted by molar-refractivity contribution is -0.148. The molecule has 4 nitrogen and oxygen atoms in total. The van der Waals surface area contributed by atoms with Gasteiger partial charge in [0.05, 0.1) is 18.0 Å². The molecule has 1 aliphatic heterocycles. The van der Waals surface area contributed by atoms with Crippen molar-refractivity contribution in [3.8, 4) is 0 Å². The van der Waals surface area contributed by atoms with E-state index in [4.69, 9.17) is 9.72 Å². The molecule has 128 valence electrons. The number of ether oxygens (including phenoxy) is 1. The summed E-state index contributed by atoms with van der Waals surface area (Å²) in [4.78, 5) is 20.4. The Hall–Kier alpha value is -1.75. The van der Waals surface area contributed by atoms with Crippen LogP contribution in [0, 0.1) is 12.8 Å². The monoisotopic (exact) mass is 344 g/mol. The van der Waals surface area contributed by atoms with Crippen molar-refractivity contribution in [1.29, 1.82) is 0 Å². The van der Waals surface area contributed by atoms with Gasteiger partial charge < -0.3 is 9.64 Å². The van der Waals surface area contributed by atoms with Crippen LogP contribution in [0.2, 0.25) is 0 Å². The number of benzene rings is 1. The molecule has 1 aromatic heterocycles. The van der Waals surface area contributed by atoms with Crippen molar-refractivity contribution in [1.82, 2.24) is 4.98 Å². The van der Waals surface area contributed by atoms with Crippen LogP contribution in [0.5, 0.6) is 0 Å². The van der Waals surface area contributed by atoms with Gasteiger partial charge in [0, 0.05) is 23.4 Å². The fraction of sp³-hybridized carbons (Fsp3) is 0.474. The van der Waals surface area contributed by atoms with Crippen molar-refractivity contribution in [3.05, 3.63) is 29.8 Å². The number of piperidine rings is 1. The molecule has 0 bridgehead atoms. The van der Waals surface area contributed by atoms with E-state index in [1.165, 1.54) is 15.8 Å². The lowest BCUT2D eigenvalue weighted by atomic mass is 9.98. The molecule has 1 aromatic carbocycles. The Morgan fingerprint density at radius 2 is 2.25 bits per heavy atom. The zero-order valence-electron chi connectivity index (χ0n) is 14.5. The van der Waals surface area contributed by atoms with E-state index < -0.39 is 0 Å². The minimum Gasteiger partial charge on any atom is -0.466 e.